The van der Waals surface area contributed by atoms with Crippen LogP contribution in [0.4, 0.5) is 5.69 Å². The van der Waals surface area contributed by atoms with Gasteiger partial charge in [0, 0.05) is 49.7 Å². The highest BCUT2D eigenvalue weighted by molar-refractivity contribution is 5.96. The number of carbonyl (C=O) groups is 1. The van der Waals surface area contributed by atoms with Crippen molar-refractivity contribution in [1.82, 2.24) is 4.90 Å². The lowest BCUT2D eigenvalue weighted by Crippen LogP contribution is -2.45. The number of nitrogens with zero attached hydrogens (tertiary/aromatic N) is 2. The summed E-state index contributed by atoms with van der Waals surface area (Å²) in [7, 11) is 0. The first-order chi connectivity index (χ1) is 15.7. The van der Waals surface area contributed by atoms with Crippen LogP contribution < -0.4 is 9.64 Å². The Bertz CT molecular complexity index is 1210. The van der Waals surface area contributed by atoms with E-state index in [1.807, 2.05) is 30.3 Å². The number of hydrogen-bond acceptors (Lipinski definition) is 5. The van der Waals surface area contributed by atoms with Crippen molar-refractivity contribution in [3.63, 3.8) is 0 Å². The van der Waals surface area contributed by atoms with Gasteiger partial charge in [-0.05, 0) is 35.9 Å². The molecule has 1 aromatic heterocycles. The molecule has 0 aliphatic carbocycles. The fourth-order valence-electron chi connectivity index (χ4n) is 4.40. The molecule has 5 heteroatoms. The zero-order valence-corrected chi connectivity index (χ0v) is 18.2. The Hall–Kier alpha value is -3.57. The van der Waals surface area contributed by atoms with Gasteiger partial charge < -0.3 is 14.1 Å². The van der Waals surface area contributed by atoms with E-state index in [1.54, 1.807) is 6.07 Å². The molecule has 162 valence electrons. The predicted molar refractivity (Wildman–Crippen MR) is 127 cm³/mol. The minimum atomic E-state index is -0.328. The Morgan fingerprint density at radius 3 is 2.28 bits per heavy atom. The summed E-state index contributed by atoms with van der Waals surface area (Å²) < 4.78 is 11.7. The van der Waals surface area contributed by atoms with Crippen LogP contribution in [0.2, 0.25) is 0 Å². The molecular weight excluding hydrogens is 400 g/mol. The highest BCUT2D eigenvalue weighted by Gasteiger charge is 2.22. The molecule has 1 fully saturated rings. The smallest absolute Gasteiger partial charge is 0.308 e. The van der Waals surface area contributed by atoms with Gasteiger partial charge in [0.1, 0.15) is 17.1 Å². The Balaban J connectivity index is 1.43. The third-order valence-electron chi connectivity index (χ3n) is 5.92. The molecule has 0 saturated carbocycles. The van der Waals surface area contributed by atoms with E-state index in [9.17, 15) is 4.79 Å². The molecule has 0 atom stereocenters. The van der Waals surface area contributed by atoms with Crippen molar-refractivity contribution in [1.29, 1.82) is 0 Å². The van der Waals surface area contributed by atoms with E-state index in [0.717, 1.165) is 60.6 Å². The second-order valence-electron chi connectivity index (χ2n) is 8.12. The Labute approximate surface area is 187 Å². The molecular formula is C27H26N2O3. The number of fused-ring (bicyclic) bond motifs is 1. The lowest BCUT2D eigenvalue weighted by atomic mass is 10.0. The number of anilines is 1. The standard InChI is InChI=1S/C27H26N2O3/c1-20(30)31-23-12-13-25-24(18-23)27(21-8-4-2-5-9-21)26(32-25)19-28-14-16-29(17-15-28)22-10-6-3-7-11-22/h2-13,18H,14-17,19H2,1H3. The largest absolute Gasteiger partial charge is 0.459 e. The Morgan fingerprint density at radius 2 is 1.59 bits per heavy atom. The molecule has 0 amide bonds. The van der Waals surface area contributed by atoms with Crippen LogP contribution in [-0.2, 0) is 11.3 Å². The van der Waals surface area contributed by atoms with Gasteiger partial charge in [-0.25, -0.2) is 0 Å². The first kappa shape index (κ1) is 20.3. The number of hydrogen-bond donors (Lipinski definition) is 0. The normalized spacial score (nSPS) is 14.6. The number of esters is 1. The van der Waals surface area contributed by atoms with Crippen molar-refractivity contribution < 1.29 is 13.9 Å². The lowest BCUT2D eigenvalue weighted by molar-refractivity contribution is -0.131. The summed E-state index contributed by atoms with van der Waals surface area (Å²) in [6, 6.07) is 26.4. The zero-order chi connectivity index (χ0) is 21.9. The summed E-state index contributed by atoms with van der Waals surface area (Å²) in [6.07, 6.45) is 0. The quantitative estimate of drug-likeness (QED) is 0.318. The van der Waals surface area contributed by atoms with Gasteiger partial charge in [-0.15, -0.1) is 0 Å². The van der Waals surface area contributed by atoms with Crippen LogP contribution in [0.1, 0.15) is 12.7 Å². The monoisotopic (exact) mass is 426 g/mol. The van der Waals surface area contributed by atoms with Gasteiger partial charge >= 0.3 is 5.97 Å². The maximum absolute atomic E-state index is 11.4. The lowest BCUT2D eigenvalue weighted by Gasteiger charge is -2.35. The minimum Gasteiger partial charge on any atom is -0.459 e. The van der Waals surface area contributed by atoms with Gasteiger partial charge in [-0.3, -0.25) is 9.69 Å². The molecule has 5 rings (SSSR count). The molecule has 0 bridgehead atoms. The van der Waals surface area contributed by atoms with Crippen LogP contribution in [0, 0.1) is 0 Å². The molecule has 32 heavy (non-hydrogen) atoms. The molecule has 3 aromatic carbocycles. The molecule has 0 N–H and O–H groups in total. The van der Waals surface area contributed by atoms with Crippen molar-refractivity contribution in [2.75, 3.05) is 31.1 Å². The van der Waals surface area contributed by atoms with Crippen molar-refractivity contribution in [2.24, 2.45) is 0 Å². The molecule has 0 spiro atoms. The summed E-state index contributed by atoms with van der Waals surface area (Å²) in [4.78, 5) is 16.3. The zero-order valence-electron chi connectivity index (χ0n) is 18.2. The van der Waals surface area contributed by atoms with Crippen LogP contribution in [0.15, 0.2) is 83.3 Å². The molecule has 1 aliphatic heterocycles. The Morgan fingerprint density at radius 1 is 0.906 bits per heavy atom. The molecule has 1 saturated heterocycles. The van der Waals surface area contributed by atoms with Gasteiger partial charge in [-0.1, -0.05) is 48.5 Å². The maximum Gasteiger partial charge on any atom is 0.308 e. The van der Waals surface area contributed by atoms with Crippen LogP contribution in [0.3, 0.4) is 0 Å². The van der Waals surface area contributed by atoms with Crippen LogP contribution in [0.25, 0.3) is 22.1 Å². The SMILES string of the molecule is CC(=O)Oc1ccc2oc(CN3CCN(c4ccccc4)CC3)c(-c3ccccc3)c2c1. The molecule has 0 radical (unpaired) electrons. The van der Waals surface area contributed by atoms with Crippen molar-refractivity contribution >= 4 is 22.6 Å². The highest BCUT2D eigenvalue weighted by Crippen LogP contribution is 2.37. The first-order valence-electron chi connectivity index (χ1n) is 11.0. The second kappa shape index (κ2) is 8.89. The summed E-state index contributed by atoms with van der Waals surface area (Å²) in [5.74, 6) is 1.15. The van der Waals surface area contributed by atoms with E-state index >= 15 is 0 Å². The number of carbonyl (C=O) groups excluding carboxylic acids is 1. The predicted octanol–water partition coefficient (Wildman–Crippen LogP) is 5.35. The van der Waals surface area contributed by atoms with E-state index in [2.05, 4.69) is 52.3 Å². The summed E-state index contributed by atoms with van der Waals surface area (Å²) in [6.45, 7) is 6.07. The number of furan rings is 1. The van der Waals surface area contributed by atoms with E-state index in [0.29, 0.717) is 5.75 Å². The molecule has 2 heterocycles. The van der Waals surface area contributed by atoms with Crippen molar-refractivity contribution in [2.45, 2.75) is 13.5 Å². The third kappa shape index (κ3) is 4.25. The summed E-state index contributed by atoms with van der Waals surface area (Å²) in [5.41, 5.74) is 4.25. The minimum absolute atomic E-state index is 0.328. The number of ether oxygens (including phenoxy) is 1. The van der Waals surface area contributed by atoms with Crippen molar-refractivity contribution in [3.8, 4) is 16.9 Å². The van der Waals surface area contributed by atoms with Crippen LogP contribution in [0.5, 0.6) is 5.75 Å². The van der Waals surface area contributed by atoms with E-state index < -0.39 is 0 Å². The van der Waals surface area contributed by atoms with Gasteiger partial charge in [-0.2, -0.15) is 0 Å². The highest BCUT2D eigenvalue weighted by atomic mass is 16.5. The van der Waals surface area contributed by atoms with Gasteiger partial charge in [0.2, 0.25) is 0 Å². The molecule has 5 nitrogen and oxygen atoms in total. The van der Waals surface area contributed by atoms with E-state index in [1.165, 1.54) is 12.6 Å². The van der Waals surface area contributed by atoms with Crippen LogP contribution >= 0.6 is 0 Å². The number of rotatable bonds is 5. The topological polar surface area (TPSA) is 45.9 Å². The van der Waals surface area contributed by atoms with Gasteiger partial charge in [0.05, 0.1) is 6.54 Å². The average molecular weight is 427 g/mol. The number of benzene rings is 3. The molecule has 0 unspecified atom stereocenters. The van der Waals surface area contributed by atoms with Gasteiger partial charge in [0.25, 0.3) is 0 Å². The van der Waals surface area contributed by atoms with Gasteiger partial charge in [0.15, 0.2) is 0 Å². The third-order valence-corrected chi connectivity index (χ3v) is 5.92. The van der Waals surface area contributed by atoms with Crippen LogP contribution in [-0.4, -0.2) is 37.0 Å². The first-order valence-corrected chi connectivity index (χ1v) is 11.0. The summed E-state index contributed by atoms with van der Waals surface area (Å²) in [5, 5.41) is 0.966. The average Bonchev–Trinajstić information content (AvgIpc) is 3.17. The molecule has 1 aliphatic rings. The van der Waals surface area contributed by atoms with E-state index in [4.69, 9.17) is 9.15 Å². The second-order valence-corrected chi connectivity index (χ2v) is 8.12. The fourth-order valence-corrected chi connectivity index (χ4v) is 4.40. The number of para-hydroxylation sites is 1. The van der Waals surface area contributed by atoms with Crippen molar-refractivity contribution in [3.05, 3.63) is 84.6 Å². The van der Waals surface area contributed by atoms with E-state index in [-0.39, 0.29) is 5.97 Å². The maximum atomic E-state index is 11.4. The Kier molecular flexibility index (Phi) is 5.65. The summed E-state index contributed by atoms with van der Waals surface area (Å²) >= 11 is 0. The fraction of sp³-hybridized carbons (Fsp3) is 0.222. The number of piperazine rings is 1. The molecule has 4 aromatic rings.